The average Bonchev–Trinajstić information content (AvgIpc) is 3.15. The van der Waals surface area contributed by atoms with E-state index in [0.29, 0.717) is 16.3 Å². The van der Waals surface area contributed by atoms with Crippen LogP contribution in [-0.4, -0.2) is 26.0 Å². The van der Waals surface area contributed by atoms with Crippen LogP contribution in [0.15, 0.2) is 30.3 Å². The molecule has 3 aromatic rings. The SMILES string of the molecule is CCn1c(C)cc(C(=O)C(C(=O)Nc2cc(C)ccc2Cl)n2nc(C)cc2C)c1C. The van der Waals surface area contributed by atoms with Crippen LogP contribution in [-0.2, 0) is 11.3 Å². The van der Waals surface area contributed by atoms with Crippen molar-refractivity contribution < 1.29 is 9.59 Å². The van der Waals surface area contributed by atoms with E-state index >= 15 is 0 Å². The molecule has 0 saturated heterocycles. The largest absolute Gasteiger partial charge is 0.349 e. The number of anilines is 1. The molecule has 2 heterocycles. The zero-order chi connectivity index (χ0) is 22.2. The number of amides is 1. The zero-order valence-electron chi connectivity index (χ0n) is 18.2. The summed E-state index contributed by atoms with van der Waals surface area (Å²) in [5.41, 5.74) is 5.25. The van der Waals surface area contributed by atoms with E-state index in [1.165, 1.54) is 4.68 Å². The van der Waals surface area contributed by atoms with Crippen molar-refractivity contribution in [2.45, 2.75) is 54.1 Å². The van der Waals surface area contributed by atoms with Gasteiger partial charge in [0.25, 0.3) is 5.91 Å². The number of carbonyl (C=O) groups excluding carboxylic acids is 2. The second-order valence-corrected chi connectivity index (χ2v) is 8.05. The van der Waals surface area contributed by atoms with E-state index in [-0.39, 0.29) is 5.78 Å². The van der Waals surface area contributed by atoms with Crippen molar-refractivity contribution in [1.82, 2.24) is 14.3 Å². The van der Waals surface area contributed by atoms with Crippen LogP contribution in [0, 0.1) is 34.6 Å². The summed E-state index contributed by atoms with van der Waals surface area (Å²) in [6.45, 7) is 12.2. The highest BCUT2D eigenvalue weighted by atomic mass is 35.5. The molecular weight excluding hydrogens is 400 g/mol. The summed E-state index contributed by atoms with van der Waals surface area (Å²) >= 11 is 6.27. The number of benzene rings is 1. The number of Topliss-reactive ketones (excluding diaryl/α,β-unsaturated/α-hetero) is 1. The summed E-state index contributed by atoms with van der Waals surface area (Å²) in [4.78, 5) is 27.0. The highest BCUT2D eigenvalue weighted by Gasteiger charge is 2.34. The van der Waals surface area contributed by atoms with Crippen LogP contribution in [0.2, 0.25) is 5.02 Å². The molecule has 7 heteroatoms. The molecule has 1 amide bonds. The maximum absolute atomic E-state index is 13.6. The number of aromatic nitrogens is 3. The number of carbonyl (C=O) groups is 2. The predicted molar refractivity (Wildman–Crippen MR) is 119 cm³/mol. The summed E-state index contributed by atoms with van der Waals surface area (Å²) < 4.78 is 3.55. The Balaban J connectivity index is 2.07. The van der Waals surface area contributed by atoms with Crippen LogP contribution >= 0.6 is 11.6 Å². The predicted octanol–water partition coefficient (Wildman–Crippen LogP) is 4.96. The summed E-state index contributed by atoms with van der Waals surface area (Å²) in [6.07, 6.45) is 0. The summed E-state index contributed by atoms with van der Waals surface area (Å²) in [7, 11) is 0. The van der Waals surface area contributed by atoms with E-state index in [0.717, 1.165) is 34.9 Å². The first kappa shape index (κ1) is 21.8. The van der Waals surface area contributed by atoms with Gasteiger partial charge < -0.3 is 9.88 Å². The lowest BCUT2D eigenvalue weighted by Gasteiger charge is -2.19. The maximum atomic E-state index is 13.6. The number of nitrogens with zero attached hydrogens (tertiary/aromatic N) is 3. The van der Waals surface area contributed by atoms with Crippen molar-refractivity contribution in [1.29, 1.82) is 0 Å². The minimum absolute atomic E-state index is 0.296. The number of rotatable bonds is 6. The fraction of sp³-hybridized carbons (Fsp3) is 0.348. The van der Waals surface area contributed by atoms with Crippen LogP contribution in [0.1, 0.15) is 51.7 Å². The monoisotopic (exact) mass is 426 g/mol. The zero-order valence-corrected chi connectivity index (χ0v) is 19.0. The topological polar surface area (TPSA) is 68.9 Å². The van der Waals surface area contributed by atoms with E-state index in [9.17, 15) is 9.59 Å². The Morgan fingerprint density at radius 2 is 1.77 bits per heavy atom. The summed E-state index contributed by atoms with van der Waals surface area (Å²) in [6, 6.07) is 7.92. The number of nitrogens with one attached hydrogen (secondary N) is 1. The Bertz CT molecular complexity index is 1130. The molecular formula is C23H27ClN4O2. The minimum Gasteiger partial charge on any atom is -0.349 e. The van der Waals surface area contributed by atoms with Gasteiger partial charge in [-0.25, -0.2) is 4.68 Å². The third-order valence-corrected chi connectivity index (χ3v) is 5.65. The van der Waals surface area contributed by atoms with E-state index in [4.69, 9.17) is 11.6 Å². The van der Waals surface area contributed by atoms with E-state index in [1.54, 1.807) is 12.1 Å². The second-order valence-electron chi connectivity index (χ2n) is 7.64. The summed E-state index contributed by atoms with van der Waals surface area (Å²) in [5.74, 6) is -0.768. The molecule has 30 heavy (non-hydrogen) atoms. The number of aryl methyl sites for hydroxylation is 4. The Morgan fingerprint density at radius 1 is 1.07 bits per heavy atom. The van der Waals surface area contributed by atoms with Gasteiger partial charge in [-0.05, 0) is 71.4 Å². The third-order valence-electron chi connectivity index (χ3n) is 5.32. The van der Waals surface area contributed by atoms with Gasteiger partial charge in [0.2, 0.25) is 0 Å². The smallest absolute Gasteiger partial charge is 0.257 e. The Kier molecular flexibility index (Phi) is 6.17. The van der Waals surface area contributed by atoms with E-state index in [2.05, 4.69) is 15.0 Å². The van der Waals surface area contributed by atoms with Crippen molar-refractivity contribution in [3.05, 3.63) is 69.3 Å². The number of ketones is 1. The molecule has 1 aromatic carbocycles. The molecule has 1 unspecified atom stereocenters. The van der Waals surface area contributed by atoms with Crippen LogP contribution in [0.5, 0.6) is 0 Å². The van der Waals surface area contributed by atoms with Crippen molar-refractivity contribution in [2.75, 3.05) is 5.32 Å². The number of hydrogen-bond acceptors (Lipinski definition) is 3. The molecule has 158 valence electrons. The standard InChI is InChI=1S/C23H27ClN4O2/c1-7-27-15(4)12-18(17(27)6)22(29)21(28-16(5)11-14(3)26-28)23(30)25-20-10-13(2)8-9-19(20)24/h8-12,21H,7H2,1-6H3,(H,25,30). The van der Waals surface area contributed by atoms with Gasteiger partial charge in [0.05, 0.1) is 16.4 Å². The van der Waals surface area contributed by atoms with Gasteiger partial charge in [-0.1, -0.05) is 17.7 Å². The fourth-order valence-corrected chi connectivity index (χ4v) is 4.03. The molecule has 2 aromatic heterocycles. The fourth-order valence-electron chi connectivity index (χ4n) is 3.87. The van der Waals surface area contributed by atoms with Gasteiger partial charge in [-0.3, -0.25) is 9.59 Å². The molecule has 0 fully saturated rings. The molecule has 0 aliphatic carbocycles. The molecule has 0 aliphatic heterocycles. The van der Waals surface area contributed by atoms with Gasteiger partial charge in [-0.15, -0.1) is 0 Å². The van der Waals surface area contributed by atoms with E-state index in [1.807, 2.05) is 59.7 Å². The first-order valence-corrected chi connectivity index (χ1v) is 10.3. The average molecular weight is 427 g/mol. The quantitative estimate of drug-likeness (QED) is 0.447. The highest BCUT2D eigenvalue weighted by Crippen LogP contribution is 2.27. The lowest BCUT2D eigenvalue weighted by Crippen LogP contribution is -2.34. The minimum atomic E-state index is -1.14. The van der Waals surface area contributed by atoms with Crippen LogP contribution in [0.4, 0.5) is 5.69 Å². The molecule has 0 saturated carbocycles. The highest BCUT2D eigenvalue weighted by molar-refractivity contribution is 6.34. The van der Waals surface area contributed by atoms with E-state index < -0.39 is 11.9 Å². The first-order chi connectivity index (χ1) is 14.1. The van der Waals surface area contributed by atoms with Crippen molar-refractivity contribution in [3.63, 3.8) is 0 Å². The normalized spacial score (nSPS) is 12.1. The van der Waals surface area contributed by atoms with Crippen molar-refractivity contribution in [2.24, 2.45) is 0 Å². The second kappa shape index (κ2) is 8.48. The molecule has 1 N–H and O–H groups in total. The molecule has 0 spiro atoms. The molecule has 0 aliphatic rings. The maximum Gasteiger partial charge on any atom is 0.257 e. The molecule has 3 rings (SSSR count). The van der Waals surface area contributed by atoms with Crippen molar-refractivity contribution >= 4 is 29.0 Å². The lowest BCUT2D eigenvalue weighted by molar-refractivity contribution is -0.118. The molecule has 1 atom stereocenters. The Hall–Kier alpha value is -2.86. The lowest BCUT2D eigenvalue weighted by atomic mass is 10.0. The van der Waals surface area contributed by atoms with Crippen molar-refractivity contribution in [3.8, 4) is 0 Å². The molecule has 0 radical (unpaired) electrons. The Labute approximate surface area is 181 Å². The van der Waals surface area contributed by atoms with Gasteiger partial charge in [0.1, 0.15) is 0 Å². The number of hydrogen-bond donors (Lipinski definition) is 1. The van der Waals surface area contributed by atoms with Gasteiger partial charge in [0, 0.05) is 29.2 Å². The van der Waals surface area contributed by atoms with Crippen LogP contribution < -0.4 is 5.32 Å². The van der Waals surface area contributed by atoms with Gasteiger partial charge in [-0.2, -0.15) is 5.10 Å². The summed E-state index contributed by atoms with van der Waals surface area (Å²) in [5, 5.41) is 7.68. The van der Waals surface area contributed by atoms with Crippen LogP contribution in [0.25, 0.3) is 0 Å². The van der Waals surface area contributed by atoms with Gasteiger partial charge in [0.15, 0.2) is 11.8 Å². The van der Waals surface area contributed by atoms with Gasteiger partial charge >= 0.3 is 0 Å². The van der Waals surface area contributed by atoms with Crippen LogP contribution in [0.3, 0.4) is 0 Å². The Morgan fingerprint density at radius 3 is 2.33 bits per heavy atom. The molecule has 6 nitrogen and oxygen atoms in total. The first-order valence-electron chi connectivity index (χ1n) is 9.94. The number of halogens is 1. The molecule has 0 bridgehead atoms. The third kappa shape index (κ3) is 4.05.